The Morgan fingerprint density at radius 1 is 1.14 bits per heavy atom. The molecule has 3 heterocycles. The molecule has 0 aromatic carbocycles. The number of aromatic nitrogens is 3. The molecule has 152 valence electrons. The van der Waals surface area contributed by atoms with Crippen LogP contribution < -0.4 is 4.74 Å². The molecule has 0 spiro atoms. The molecule has 3 rings (SSSR count). The molecule has 3 aromatic rings. The van der Waals surface area contributed by atoms with Crippen molar-refractivity contribution in [2.24, 2.45) is 0 Å². The van der Waals surface area contributed by atoms with Crippen molar-refractivity contribution in [3.63, 3.8) is 0 Å². The minimum absolute atomic E-state index is 0.0465. The van der Waals surface area contributed by atoms with Crippen LogP contribution >= 0.6 is 0 Å². The minimum atomic E-state index is -0.0465. The Balaban J connectivity index is 2.17. The van der Waals surface area contributed by atoms with Gasteiger partial charge in [-0.1, -0.05) is 13.8 Å². The first kappa shape index (κ1) is 20.8. The van der Waals surface area contributed by atoms with Gasteiger partial charge in [0.2, 0.25) is 5.88 Å². The van der Waals surface area contributed by atoms with Gasteiger partial charge >= 0.3 is 0 Å². The maximum Gasteiger partial charge on any atom is 0.222 e. The smallest absolute Gasteiger partial charge is 0.222 e. The normalized spacial score (nSPS) is 12.3. The standard InChI is InChI=1S/C23H28N4O2/c1-14(2)19-8-7-18(23(25-19)29-6)21-15(3)11-20-22(26-21)16(4)12-27(20)17(9-10-24)13-28-5/h7-8,11-12,14,17H,9,13H2,1-6H3/t17-/m0/s1. The second kappa shape index (κ2) is 8.62. The zero-order valence-corrected chi connectivity index (χ0v) is 18.0. The van der Waals surface area contributed by atoms with Crippen LogP contribution in [0.1, 0.15) is 49.0 Å². The highest BCUT2D eigenvalue weighted by molar-refractivity contribution is 5.85. The van der Waals surface area contributed by atoms with Crippen LogP contribution in [0.5, 0.6) is 5.88 Å². The summed E-state index contributed by atoms with van der Waals surface area (Å²) in [7, 11) is 3.30. The Morgan fingerprint density at radius 2 is 1.90 bits per heavy atom. The molecule has 0 unspecified atom stereocenters. The monoisotopic (exact) mass is 392 g/mol. The molecule has 6 nitrogen and oxygen atoms in total. The summed E-state index contributed by atoms with van der Waals surface area (Å²) in [6, 6.07) is 8.41. The molecule has 0 aliphatic heterocycles. The van der Waals surface area contributed by atoms with E-state index in [1.54, 1.807) is 14.2 Å². The van der Waals surface area contributed by atoms with Crippen molar-refractivity contribution in [3.8, 4) is 23.2 Å². The van der Waals surface area contributed by atoms with Crippen LogP contribution in [-0.4, -0.2) is 35.4 Å². The number of hydrogen-bond acceptors (Lipinski definition) is 5. The van der Waals surface area contributed by atoms with E-state index in [9.17, 15) is 5.26 Å². The van der Waals surface area contributed by atoms with E-state index in [2.05, 4.69) is 41.7 Å². The third-order valence-corrected chi connectivity index (χ3v) is 5.18. The number of pyridine rings is 2. The van der Waals surface area contributed by atoms with Crippen molar-refractivity contribution in [2.75, 3.05) is 20.8 Å². The van der Waals surface area contributed by atoms with Gasteiger partial charge in [0.15, 0.2) is 0 Å². The van der Waals surface area contributed by atoms with Crippen LogP contribution in [0.4, 0.5) is 0 Å². The van der Waals surface area contributed by atoms with Crippen molar-refractivity contribution in [3.05, 3.63) is 41.2 Å². The predicted octanol–water partition coefficient (Wildman–Crippen LogP) is 4.95. The summed E-state index contributed by atoms with van der Waals surface area (Å²) in [5.41, 5.74) is 6.75. The molecule has 0 aliphatic rings. The van der Waals surface area contributed by atoms with Crippen LogP contribution in [0.25, 0.3) is 22.3 Å². The van der Waals surface area contributed by atoms with Gasteiger partial charge < -0.3 is 14.0 Å². The Bertz CT molecular complexity index is 1060. The number of ether oxygens (including phenoxy) is 2. The van der Waals surface area contributed by atoms with Gasteiger partial charge in [-0.15, -0.1) is 0 Å². The summed E-state index contributed by atoms with van der Waals surface area (Å²) < 4.78 is 13.0. The largest absolute Gasteiger partial charge is 0.480 e. The number of nitriles is 1. The predicted molar refractivity (Wildman–Crippen MR) is 114 cm³/mol. The van der Waals surface area contributed by atoms with Crippen molar-refractivity contribution >= 4 is 11.0 Å². The summed E-state index contributed by atoms with van der Waals surface area (Å²) >= 11 is 0. The topological polar surface area (TPSA) is 73.0 Å². The van der Waals surface area contributed by atoms with Gasteiger partial charge in [0.25, 0.3) is 0 Å². The molecular weight excluding hydrogens is 364 g/mol. The summed E-state index contributed by atoms with van der Waals surface area (Å²) in [6.45, 7) is 8.78. The van der Waals surface area contributed by atoms with Gasteiger partial charge in [0.05, 0.1) is 54.5 Å². The Labute approximate surface area is 172 Å². The fraction of sp³-hybridized carbons (Fsp3) is 0.435. The number of nitrogens with zero attached hydrogens (tertiary/aromatic N) is 4. The fourth-order valence-corrected chi connectivity index (χ4v) is 3.65. The van der Waals surface area contributed by atoms with Crippen molar-refractivity contribution in [1.29, 1.82) is 5.26 Å². The van der Waals surface area contributed by atoms with E-state index in [1.165, 1.54) is 0 Å². The average Bonchev–Trinajstić information content (AvgIpc) is 3.02. The van der Waals surface area contributed by atoms with Crippen LogP contribution in [0.3, 0.4) is 0 Å². The Morgan fingerprint density at radius 3 is 2.52 bits per heavy atom. The van der Waals surface area contributed by atoms with E-state index in [1.807, 2.05) is 26.0 Å². The molecule has 0 radical (unpaired) electrons. The van der Waals surface area contributed by atoms with E-state index >= 15 is 0 Å². The molecule has 0 saturated heterocycles. The average molecular weight is 393 g/mol. The lowest BCUT2D eigenvalue weighted by Crippen LogP contribution is -2.13. The summed E-state index contributed by atoms with van der Waals surface area (Å²) in [5, 5.41) is 9.21. The van der Waals surface area contributed by atoms with Crippen molar-refractivity contribution in [1.82, 2.24) is 14.5 Å². The molecule has 1 atom stereocenters. The highest BCUT2D eigenvalue weighted by Gasteiger charge is 2.20. The molecule has 6 heteroatoms. The zero-order chi connectivity index (χ0) is 21.1. The number of hydrogen-bond donors (Lipinski definition) is 0. The van der Waals surface area contributed by atoms with E-state index in [0.717, 1.165) is 39.1 Å². The van der Waals surface area contributed by atoms with Gasteiger partial charge in [-0.05, 0) is 49.1 Å². The van der Waals surface area contributed by atoms with E-state index in [-0.39, 0.29) is 6.04 Å². The molecule has 0 aliphatic carbocycles. The molecule has 29 heavy (non-hydrogen) atoms. The van der Waals surface area contributed by atoms with Crippen LogP contribution in [0.2, 0.25) is 0 Å². The van der Waals surface area contributed by atoms with E-state index < -0.39 is 0 Å². The van der Waals surface area contributed by atoms with Gasteiger partial charge in [0.1, 0.15) is 0 Å². The fourth-order valence-electron chi connectivity index (χ4n) is 3.65. The van der Waals surface area contributed by atoms with E-state index in [4.69, 9.17) is 14.5 Å². The Kier molecular flexibility index (Phi) is 6.19. The van der Waals surface area contributed by atoms with Gasteiger partial charge in [-0.25, -0.2) is 9.97 Å². The first-order valence-electron chi connectivity index (χ1n) is 9.81. The SMILES string of the molecule is COC[C@H](CC#N)n1cc(C)c2nc(-c3ccc(C(C)C)nc3OC)c(C)cc21. The van der Waals surface area contributed by atoms with E-state index in [0.29, 0.717) is 24.8 Å². The second-order valence-corrected chi connectivity index (χ2v) is 7.66. The van der Waals surface area contributed by atoms with Gasteiger partial charge in [0, 0.05) is 19.0 Å². The maximum absolute atomic E-state index is 9.21. The summed E-state index contributed by atoms with van der Waals surface area (Å²) in [5.74, 6) is 0.911. The third kappa shape index (κ3) is 3.96. The van der Waals surface area contributed by atoms with Crippen LogP contribution in [-0.2, 0) is 4.74 Å². The number of aryl methyl sites for hydroxylation is 2. The highest BCUT2D eigenvalue weighted by Crippen LogP contribution is 2.34. The first-order chi connectivity index (χ1) is 13.9. The molecule has 0 amide bonds. The lowest BCUT2D eigenvalue weighted by Gasteiger charge is -2.17. The lowest BCUT2D eigenvalue weighted by molar-refractivity contribution is 0.158. The number of rotatable bonds is 7. The zero-order valence-electron chi connectivity index (χ0n) is 18.0. The molecular formula is C23H28N4O2. The highest BCUT2D eigenvalue weighted by atomic mass is 16.5. The molecule has 0 bridgehead atoms. The maximum atomic E-state index is 9.21. The van der Waals surface area contributed by atoms with Crippen molar-refractivity contribution in [2.45, 2.75) is 46.1 Å². The first-order valence-corrected chi connectivity index (χ1v) is 9.81. The quantitative estimate of drug-likeness (QED) is 0.569. The Hall–Kier alpha value is -2.91. The van der Waals surface area contributed by atoms with Crippen LogP contribution in [0, 0.1) is 25.2 Å². The second-order valence-electron chi connectivity index (χ2n) is 7.66. The number of fused-ring (bicyclic) bond motifs is 1. The van der Waals surface area contributed by atoms with Crippen molar-refractivity contribution < 1.29 is 9.47 Å². The molecule has 0 N–H and O–H groups in total. The molecule has 0 fully saturated rings. The van der Waals surface area contributed by atoms with Crippen LogP contribution in [0.15, 0.2) is 24.4 Å². The minimum Gasteiger partial charge on any atom is -0.480 e. The molecule has 3 aromatic heterocycles. The van der Waals surface area contributed by atoms with Gasteiger partial charge in [-0.2, -0.15) is 5.26 Å². The number of methoxy groups -OCH3 is 2. The van der Waals surface area contributed by atoms with Gasteiger partial charge in [-0.3, -0.25) is 0 Å². The molecule has 0 saturated carbocycles. The lowest BCUT2D eigenvalue weighted by atomic mass is 10.0. The third-order valence-electron chi connectivity index (χ3n) is 5.18. The summed E-state index contributed by atoms with van der Waals surface area (Å²) in [6.07, 6.45) is 2.44. The summed E-state index contributed by atoms with van der Waals surface area (Å²) in [4.78, 5) is 9.66.